The number of fused-ring (bicyclic) bond motifs is 2. The summed E-state index contributed by atoms with van der Waals surface area (Å²) in [6.45, 7) is 14.0. The number of hydrogen-bond donors (Lipinski definition) is 0. The van der Waals surface area contributed by atoms with E-state index in [4.69, 9.17) is 0 Å². The molecule has 1 nitrogen and oxygen atoms in total. The Kier molecular flexibility index (Phi) is 7.36. The Morgan fingerprint density at radius 1 is 0.467 bits per heavy atom. The second kappa shape index (κ2) is 11.4. The molecule has 3 heteroatoms. The molecule has 7 rings (SSSR count). The first-order chi connectivity index (χ1) is 21.7. The molecule has 0 spiro atoms. The summed E-state index contributed by atoms with van der Waals surface area (Å²) in [5.41, 5.74) is 21.7. The normalized spacial score (nSPS) is 12.2. The molecule has 0 aliphatic carbocycles. The Morgan fingerprint density at radius 2 is 1.07 bits per heavy atom. The SMILES string of the molecule is Cc1cc[n+](C)c(-c2ccc3c(c2C)B(c2c(C)cccc2C)c2ccccc2B3c2c(C)cc(-c3ccccc3)cc2C)c1. The van der Waals surface area contributed by atoms with Crippen molar-refractivity contribution >= 4 is 46.2 Å². The molecule has 0 N–H and O–H groups in total. The zero-order chi connectivity index (χ0) is 31.4. The van der Waals surface area contributed by atoms with Crippen LogP contribution in [-0.2, 0) is 7.05 Å². The van der Waals surface area contributed by atoms with Crippen LogP contribution in [0.25, 0.3) is 22.4 Å². The van der Waals surface area contributed by atoms with Crippen molar-refractivity contribution in [2.24, 2.45) is 7.05 Å². The molecule has 0 amide bonds. The van der Waals surface area contributed by atoms with Crippen molar-refractivity contribution in [2.75, 3.05) is 0 Å². The summed E-state index contributed by atoms with van der Waals surface area (Å²) in [4.78, 5) is 0. The van der Waals surface area contributed by atoms with Gasteiger partial charge in [0.15, 0.2) is 6.20 Å². The standard InChI is InChI=1S/C42H40B2N/c1-27-22-23-45(7)39(24-27)35-20-21-38-42(32(35)6)44(40-28(2)14-13-15-29(40)3)37-19-12-11-18-36(37)43(38)41-30(4)25-34(26-31(41)5)33-16-9-8-10-17-33/h8-26H,1-7H3/q+1. The van der Waals surface area contributed by atoms with E-state index in [9.17, 15) is 0 Å². The van der Waals surface area contributed by atoms with Gasteiger partial charge in [-0.1, -0.05) is 146 Å². The zero-order valence-electron chi connectivity index (χ0n) is 27.6. The van der Waals surface area contributed by atoms with Gasteiger partial charge in [0.2, 0.25) is 19.1 Å². The van der Waals surface area contributed by atoms with Gasteiger partial charge in [0.05, 0.1) is 0 Å². The predicted octanol–water partition coefficient (Wildman–Crippen LogP) is 5.04. The summed E-state index contributed by atoms with van der Waals surface area (Å²) in [5.74, 6) is 0. The molecule has 0 atom stereocenters. The topological polar surface area (TPSA) is 3.88 Å². The highest BCUT2D eigenvalue weighted by molar-refractivity contribution is 7.11. The number of rotatable bonds is 4. The molecule has 2 heterocycles. The molecular formula is C42H40B2N+. The lowest BCUT2D eigenvalue weighted by molar-refractivity contribution is -0.660. The predicted molar refractivity (Wildman–Crippen MR) is 196 cm³/mol. The minimum absolute atomic E-state index is 0.153. The Labute approximate surface area is 269 Å². The summed E-state index contributed by atoms with van der Waals surface area (Å²) in [7, 11) is 2.16. The van der Waals surface area contributed by atoms with Crippen molar-refractivity contribution in [1.82, 2.24) is 0 Å². The lowest BCUT2D eigenvalue weighted by atomic mass is 9.20. The highest BCUT2D eigenvalue weighted by Gasteiger charge is 2.42. The molecule has 0 fully saturated rings. The van der Waals surface area contributed by atoms with Gasteiger partial charge in [-0.3, -0.25) is 0 Å². The lowest BCUT2D eigenvalue weighted by Gasteiger charge is -2.36. The molecule has 0 radical (unpaired) electrons. The fraction of sp³-hybridized carbons (Fsp3) is 0.167. The Balaban J connectivity index is 1.55. The van der Waals surface area contributed by atoms with Gasteiger partial charge in [0.1, 0.15) is 7.05 Å². The van der Waals surface area contributed by atoms with Crippen molar-refractivity contribution in [3.05, 3.63) is 149 Å². The van der Waals surface area contributed by atoms with Crippen LogP contribution in [0.4, 0.5) is 0 Å². The molecule has 6 aromatic rings. The Hall–Kier alpha value is -4.62. The van der Waals surface area contributed by atoms with E-state index in [0.29, 0.717) is 0 Å². The van der Waals surface area contributed by atoms with Crippen LogP contribution >= 0.6 is 0 Å². The maximum absolute atomic E-state index is 2.45. The molecule has 1 aliphatic heterocycles. The highest BCUT2D eigenvalue weighted by atomic mass is 14.9. The molecule has 0 unspecified atom stereocenters. The first-order valence-electron chi connectivity index (χ1n) is 16.2. The number of nitrogens with zero attached hydrogens (tertiary/aromatic N) is 1. The number of pyridine rings is 1. The quantitative estimate of drug-likeness (QED) is 0.203. The van der Waals surface area contributed by atoms with Crippen LogP contribution in [-0.4, -0.2) is 13.4 Å². The van der Waals surface area contributed by atoms with Gasteiger partial charge in [-0.15, -0.1) is 0 Å². The number of aryl methyl sites for hydroxylation is 6. The molecular weight excluding hydrogens is 540 g/mol. The van der Waals surface area contributed by atoms with E-state index in [2.05, 4.69) is 169 Å². The van der Waals surface area contributed by atoms with Crippen molar-refractivity contribution < 1.29 is 4.57 Å². The largest absolute Gasteiger partial charge is 0.241 e. The second-order valence-corrected chi connectivity index (χ2v) is 13.1. The van der Waals surface area contributed by atoms with Crippen molar-refractivity contribution in [2.45, 2.75) is 41.5 Å². The van der Waals surface area contributed by atoms with Crippen LogP contribution in [0.2, 0.25) is 0 Å². The van der Waals surface area contributed by atoms with Crippen LogP contribution in [0.3, 0.4) is 0 Å². The maximum atomic E-state index is 2.45. The zero-order valence-corrected chi connectivity index (χ0v) is 27.6. The molecule has 0 saturated heterocycles. The Bertz CT molecular complexity index is 2050. The fourth-order valence-corrected chi connectivity index (χ4v) is 8.09. The molecule has 1 aliphatic rings. The monoisotopic (exact) mass is 580 g/mol. The molecule has 1 aromatic heterocycles. The van der Waals surface area contributed by atoms with Crippen LogP contribution in [0, 0.1) is 41.5 Å². The first kappa shape index (κ1) is 29.1. The molecule has 218 valence electrons. The van der Waals surface area contributed by atoms with Crippen LogP contribution < -0.4 is 37.3 Å². The van der Waals surface area contributed by atoms with Gasteiger partial charge in [-0.2, -0.15) is 0 Å². The van der Waals surface area contributed by atoms with Crippen LogP contribution in [0.5, 0.6) is 0 Å². The average molecular weight is 580 g/mol. The number of benzene rings is 5. The van der Waals surface area contributed by atoms with Crippen LogP contribution in [0.1, 0.15) is 33.4 Å². The van der Waals surface area contributed by atoms with Gasteiger partial charge in [-0.25, -0.2) is 4.57 Å². The lowest BCUT2D eigenvalue weighted by Crippen LogP contribution is -2.76. The average Bonchev–Trinajstić information content (AvgIpc) is 3.03. The fourth-order valence-electron chi connectivity index (χ4n) is 8.09. The van der Waals surface area contributed by atoms with E-state index in [0.717, 1.165) is 0 Å². The minimum atomic E-state index is 0.153. The summed E-state index contributed by atoms with van der Waals surface area (Å²) in [6, 6.07) is 40.9. The summed E-state index contributed by atoms with van der Waals surface area (Å²) in [6.07, 6.45) is 2.19. The first-order valence-corrected chi connectivity index (χ1v) is 16.2. The van der Waals surface area contributed by atoms with E-state index in [-0.39, 0.29) is 13.4 Å². The van der Waals surface area contributed by atoms with Gasteiger partial charge >= 0.3 is 0 Å². The van der Waals surface area contributed by atoms with Crippen LogP contribution in [0.15, 0.2) is 115 Å². The van der Waals surface area contributed by atoms with E-state index < -0.39 is 0 Å². The number of hydrogen-bond acceptors (Lipinski definition) is 0. The third kappa shape index (κ3) is 4.86. The van der Waals surface area contributed by atoms with E-state index in [1.54, 1.807) is 0 Å². The van der Waals surface area contributed by atoms with Gasteiger partial charge < -0.3 is 0 Å². The smallest absolute Gasteiger partial charge is 0.201 e. The maximum Gasteiger partial charge on any atom is 0.241 e. The van der Waals surface area contributed by atoms with Gasteiger partial charge in [0.25, 0.3) is 0 Å². The van der Waals surface area contributed by atoms with Crippen molar-refractivity contribution in [3.8, 4) is 22.4 Å². The van der Waals surface area contributed by atoms with E-state index in [1.165, 1.54) is 88.5 Å². The summed E-state index contributed by atoms with van der Waals surface area (Å²) < 4.78 is 2.26. The third-order valence-corrected chi connectivity index (χ3v) is 10.2. The molecule has 0 bridgehead atoms. The molecule has 45 heavy (non-hydrogen) atoms. The minimum Gasteiger partial charge on any atom is -0.201 e. The summed E-state index contributed by atoms with van der Waals surface area (Å²) >= 11 is 0. The number of aromatic nitrogens is 1. The summed E-state index contributed by atoms with van der Waals surface area (Å²) in [5, 5.41) is 0. The third-order valence-electron chi connectivity index (χ3n) is 10.2. The second-order valence-electron chi connectivity index (χ2n) is 13.1. The highest BCUT2D eigenvalue weighted by Crippen LogP contribution is 2.24. The Morgan fingerprint density at radius 3 is 1.73 bits per heavy atom. The van der Waals surface area contributed by atoms with Crippen molar-refractivity contribution in [1.29, 1.82) is 0 Å². The van der Waals surface area contributed by atoms with Gasteiger partial charge in [-0.05, 0) is 69.9 Å². The van der Waals surface area contributed by atoms with Gasteiger partial charge in [0, 0.05) is 17.7 Å². The molecule has 0 saturated carbocycles. The van der Waals surface area contributed by atoms with E-state index >= 15 is 0 Å². The van der Waals surface area contributed by atoms with Crippen molar-refractivity contribution in [3.63, 3.8) is 0 Å². The van der Waals surface area contributed by atoms with E-state index in [1.807, 2.05) is 0 Å². The molecule has 5 aromatic carbocycles.